The van der Waals surface area contributed by atoms with Gasteiger partial charge in [0.1, 0.15) is 12.2 Å². The van der Waals surface area contributed by atoms with Gasteiger partial charge in [0, 0.05) is 25.8 Å². The van der Waals surface area contributed by atoms with Gasteiger partial charge in [0.05, 0.1) is 17.8 Å². The first-order valence-electron chi connectivity index (χ1n) is 7.03. The van der Waals surface area contributed by atoms with Crippen LogP contribution < -0.4 is 0 Å². The van der Waals surface area contributed by atoms with Gasteiger partial charge < -0.3 is 9.84 Å². The summed E-state index contributed by atoms with van der Waals surface area (Å²) >= 11 is 0. The molecule has 1 aliphatic heterocycles. The van der Waals surface area contributed by atoms with Crippen molar-refractivity contribution in [2.24, 2.45) is 5.92 Å². The quantitative estimate of drug-likeness (QED) is 0.903. The molecular formula is C14H25N3O2. The average Bonchev–Trinajstić information content (AvgIpc) is 2.61. The molecule has 0 radical (unpaired) electrons. The van der Waals surface area contributed by atoms with Crippen molar-refractivity contribution in [3.8, 4) is 0 Å². The molecule has 0 amide bonds. The summed E-state index contributed by atoms with van der Waals surface area (Å²) < 4.78 is 7.58. The summed E-state index contributed by atoms with van der Waals surface area (Å²) in [6.07, 6.45) is 3.41. The second-order valence-electron chi connectivity index (χ2n) is 6.69. The first-order chi connectivity index (χ1) is 8.80. The molecule has 5 nitrogen and oxygen atoms in total. The van der Waals surface area contributed by atoms with Crippen LogP contribution in [0.2, 0.25) is 0 Å². The fourth-order valence-corrected chi connectivity index (χ4v) is 2.82. The normalized spacial score (nSPS) is 26.8. The van der Waals surface area contributed by atoms with Gasteiger partial charge in [0.15, 0.2) is 0 Å². The third-order valence-corrected chi connectivity index (χ3v) is 3.54. The Bertz CT molecular complexity index is 428. The zero-order valence-electron chi connectivity index (χ0n) is 12.4. The average molecular weight is 267 g/mol. The molecule has 1 aliphatic rings. The van der Waals surface area contributed by atoms with E-state index in [9.17, 15) is 5.11 Å². The van der Waals surface area contributed by atoms with Gasteiger partial charge >= 0.3 is 0 Å². The van der Waals surface area contributed by atoms with Crippen LogP contribution in [0.15, 0.2) is 6.33 Å². The summed E-state index contributed by atoms with van der Waals surface area (Å²) in [6.45, 7) is 9.79. The summed E-state index contributed by atoms with van der Waals surface area (Å²) in [5, 5.41) is 15.0. The van der Waals surface area contributed by atoms with Crippen molar-refractivity contribution in [2.75, 3.05) is 6.61 Å². The molecule has 0 aromatic carbocycles. The fourth-order valence-electron chi connectivity index (χ4n) is 2.82. The molecule has 2 rings (SSSR count). The van der Waals surface area contributed by atoms with Crippen molar-refractivity contribution < 1.29 is 9.84 Å². The minimum Gasteiger partial charge on any atom is -0.389 e. The van der Waals surface area contributed by atoms with E-state index in [1.165, 1.54) is 0 Å². The van der Waals surface area contributed by atoms with Crippen LogP contribution in [0.4, 0.5) is 0 Å². The monoisotopic (exact) mass is 267 g/mol. The lowest BCUT2D eigenvalue weighted by molar-refractivity contribution is -0.144. The smallest absolute Gasteiger partial charge is 0.138 e. The summed E-state index contributed by atoms with van der Waals surface area (Å²) in [7, 11) is 0. The van der Waals surface area contributed by atoms with Gasteiger partial charge in [-0.3, -0.25) is 0 Å². The molecular weight excluding hydrogens is 242 g/mol. The molecule has 1 saturated heterocycles. The molecule has 5 heteroatoms. The van der Waals surface area contributed by atoms with Crippen molar-refractivity contribution in [3.05, 3.63) is 12.2 Å². The van der Waals surface area contributed by atoms with E-state index in [0.717, 1.165) is 12.4 Å². The highest BCUT2D eigenvalue weighted by atomic mass is 16.5. The molecule has 1 unspecified atom stereocenters. The highest BCUT2D eigenvalue weighted by molar-refractivity contribution is 4.99. The van der Waals surface area contributed by atoms with Crippen LogP contribution in [-0.2, 0) is 17.7 Å². The Labute approximate surface area is 115 Å². The summed E-state index contributed by atoms with van der Waals surface area (Å²) in [4.78, 5) is 4.31. The number of aromatic nitrogens is 3. The summed E-state index contributed by atoms with van der Waals surface area (Å²) in [5.41, 5.74) is -1.00. The van der Waals surface area contributed by atoms with Gasteiger partial charge in [0.2, 0.25) is 0 Å². The third kappa shape index (κ3) is 3.76. The van der Waals surface area contributed by atoms with Crippen LogP contribution in [0.25, 0.3) is 0 Å². The largest absolute Gasteiger partial charge is 0.389 e. The van der Waals surface area contributed by atoms with Crippen LogP contribution >= 0.6 is 0 Å². The van der Waals surface area contributed by atoms with Crippen LogP contribution in [0.3, 0.4) is 0 Å². The van der Waals surface area contributed by atoms with Gasteiger partial charge in [-0.1, -0.05) is 13.8 Å². The summed E-state index contributed by atoms with van der Waals surface area (Å²) in [5.74, 6) is 1.38. The highest BCUT2D eigenvalue weighted by Crippen LogP contribution is 2.34. The molecule has 1 aromatic rings. The Balaban J connectivity index is 2.10. The maximum Gasteiger partial charge on any atom is 0.138 e. The Hall–Kier alpha value is -0.940. The van der Waals surface area contributed by atoms with Crippen molar-refractivity contribution in [2.45, 2.75) is 64.7 Å². The van der Waals surface area contributed by atoms with E-state index in [-0.39, 0.29) is 5.60 Å². The molecule has 19 heavy (non-hydrogen) atoms. The van der Waals surface area contributed by atoms with E-state index in [1.807, 2.05) is 18.5 Å². The maximum atomic E-state index is 10.8. The van der Waals surface area contributed by atoms with Crippen LogP contribution in [-0.4, -0.2) is 37.7 Å². The molecule has 0 bridgehead atoms. The minimum absolute atomic E-state index is 0.268. The second-order valence-corrected chi connectivity index (χ2v) is 6.69. The molecule has 1 fully saturated rings. The Morgan fingerprint density at radius 2 is 2.21 bits per heavy atom. The standard InChI is InChI=1S/C14H25N3O2/c1-11(2)8-17-12(15-10-16-17)7-14(18)5-6-19-13(3,4)9-14/h10-11,18H,5-9H2,1-4H3. The zero-order chi connectivity index (χ0) is 14.1. The van der Waals surface area contributed by atoms with Crippen LogP contribution in [0.5, 0.6) is 0 Å². The van der Waals surface area contributed by atoms with Crippen molar-refractivity contribution in [3.63, 3.8) is 0 Å². The zero-order valence-corrected chi connectivity index (χ0v) is 12.4. The van der Waals surface area contributed by atoms with Gasteiger partial charge in [-0.05, 0) is 19.8 Å². The Kier molecular flexibility index (Phi) is 3.97. The van der Waals surface area contributed by atoms with E-state index in [0.29, 0.717) is 31.8 Å². The van der Waals surface area contributed by atoms with Gasteiger partial charge in [0.25, 0.3) is 0 Å². The second kappa shape index (κ2) is 5.21. The molecule has 1 aromatic heterocycles. The van der Waals surface area contributed by atoms with E-state index in [2.05, 4.69) is 23.9 Å². The topological polar surface area (TPSA) is 60.2 Å². The number of aliphatic hydroxyl groups is 1. The predicted octanol–water partition coefficient (Wildman–Crippen LogP) is 1.80. The number of ether oxygens (including phenoxy) is 1. The van der Waals surface area contributed by atoms with Crippen LogP contribution in [0, 0.1) is 5.92 Å². The Morgan fingerprint density at radius 3 is 2.84 bits per heavy atom. The molecule has 108 valence electrons. The van der Waals surface area contributed by atoms with Gasteiger partial charge in [-0.2, -0.15) is 5.10 Å². The van der Waals surface area contributed by atoms with E-state index in [4.69, 9.17) is 4.74 Å². The van der Waals surface area contributed by atoms with Crippen LogP contribution in [0.1, 0.15) is 46.4 Å². The third-order valence-electron chi connectivity index (χ3n) is 3.54. The van der Waals surface area contributed by atoms with Crippen molar-refractivity contribution >= 4 is 0 Å². The van der Waals surface area contributed by atoms with Gasteiger partial charge in [-0.15, -0.1) is 0 Å². The lowest BCUT2D eigenvalue weighted by atomic mass is 9.82. The number of rotatable bonds is 4. The summed E-state index contributed by atoms with van der Waals surface area (Å²) in [6, 6.07) is 0. The number of hydrogen-bond acceptors (Lipinski definition) is 4. The fraction of sp³-hybridized carbons (Fsp3) is 0.857. The molecule has 0 aliphatic carbocycles. The van der Waals surface area contributed by atoms with E-state index >= 15 is 0 Å². The molecule has 2 heterocycles. The lowest BCUT2D eigenvalue weighted by Crippen LogP contribution is -2.47. The van der Waals surface area contributed by atoms with E-state index in [1.54, 1.807) is 6.33 Å². The first-order valence-corrected chi connectivity index (χ1v) is 7.03. The highest BCUT2D eigenvalue weighted by Gasteiger charge is 2.40. The number of nitrogens with zero attached hydrogens (tertiary/aromatic N) is 3. The minimum atomic E-state index is -0.733. The first kappa shape index (κ1) is 14.5. The van der Waals surface area contributed by atoms with Crippen molar-refractivity contribution in [1.82, 2.24) is 14.8 Å². The van der Waals surface area contributed by atoms with Gasteiger partial charge in [-0.25, -0.2) is 9.67 Å². The maximum absolute atomic E-state index is 10.8. The predicted molar refractivity (Wildman–Crippen MR) is 72.8 cm³/mol. The molecule has 1 atom stereocenters. The lowest BCUT2D eigenvalue weighted by Gasteiger charge is -2.41. The van der Waals surface area contributed by atoms with Crippen molar-refractivity contribution in [1.29, 1.82) is 0 Å². The Morgan fingerprint density at radius 1 is 1.47 bits per heavy atom. The molecule has 0 saturated carbocycles. The van der Waals surface area contributed by atoms with E-state index < -0.39 is 5.60 Å². The number of hydrogen-bond donors (Lipinski definition) is 1. The molecule has 1 N–H and O–H groups in total. The SMILES string of the molecule is CC(C)Cn1ncnc1CC1(O)CCOC(C)(C)C1. The molecule has 0 spiro atoms.